The van der Waals surface area contributed by atoms with Gasteiger partial charge in [0.2, 0.25) is 0 Å². The maximum absolute atomic E-state index is 10.6. The van der Waals surface area contributed by atoms with E-state index in [-0.39, 0.29) is 11.2 Å². The van der Waals surface area contributed by atoms with E-state index in [1.54, 1.807) is 10.9 Å². The molecule has 0 radical (unpaired) electrons. The average molecular weight is 255 g/mol. The van der Waals surface area contributed by atoms with E-state index >= 15 is 0 Å². The first kappa shape index (κ1) is 12.4. The Balaban J connectivity index is 2.09. The molecule has 0 N–H and O–H groups in total. The van der Waals surface area contributed by atoms with Crippen molar-refractivity contribution < 1.29 is 4.92 Å². The first-order chi connectivity index (χ1) is 8.15. The highest BCUT2D eigenvalue weighted by Crippen LogP contribution is 2.38. The molecule has 0 aromatic carbocycles. The summed E-state index contributed by atoms with van der Waals surface area (Å²) in [6.45, 7) is 0.740. The number of hydrogen-bond acceptors (Lipinski definition) is 4. The first-order valence-corrected chi connectivity index (χ1v) is 6.57. The molecule has 1 fully saturated rings. The predicted octanol–water partition coefficient (Wildman–Crippen LogP) is 2.67. The van der Waals surface area contributed by atoms with Crippen LogP contribution >= 0.6 is 12.6 Å². The number of nitrogens with zero attached hydrogens (tertiary/aromatic N) is 3. The van der Waals surface area contributed by atoms with Crippen molar-refractivity contribution in [3.05, 3.63) is 22.4 Å². The van der Waals surface area contributed by atoms with E-state index in [2.05, 4.69) is 17.7 Å². The molecule has 0 spiro atoms. The summed E-state index contributed by atoms with van der Waals surface area (Å²) in [5.41, 5.74) is 0.168. The third-order valence-corrected chi connectivity index (χ3v) is 4.23. The number of aromatic nitrogens is 2. The highest BCUT2D eigenvalue weighted by Gasteiger charge is 2.32. The zero-order valence-corrected chi connectivity index (χ0v) is 10.6. The van der Waals surface area contributed by atoms with Gasteiger partial charge < -0.3 is 10.1 Å². The summed E-state index contributed by atoms with van der Waals surface area (Å²) >= 11 is 4.45. The predicted molar refractivity (Wildman–Crippen MR) is 68.3 cm³/mol. The summed E-state index contributed by atoms with van der Waals surface area (Å²) in [7, 11) is 0. The molecular formula is C11H17N3O2S. The average Bonchev–Trinajstić information content (AvgIpc) is 2.79. The third-order valence-electron chi connectivity index (χ3n) is 3.56. The molecule has 0 amide bonds. The molecule has 2 rings (SSSR count). The van der Waals surface area contributed by atoms with Crippen molar-refractivity contribution in [2.45, 2.75) is 38.6 Å². The molecule has 1 aromatic heterocycles. The maximum Gasteiger partial charge on any atom is 0.389 e. The molecule has 0 saturated heterocycles. The lowest BCUT2D eigenvalue weighted by molar-refractivity contribution is -0.389. The van der Waals surface area contributed by atoms with Crippen LogP contribution in [0.3, 0.4) is 0 Å². The summed E-state index contributed by atoms with van der Waals surface area (Å²) < 4.78 is 1.69. The molecule has 17 heavy (non-hydrogen) atoms. The van der Waals surface area contributed by atoms with Crippen molar-refractivity contribution in [1.82, 2.24) is 9.78 Å². The zero-order chi connectivity index (χ0) is 12.3. The van der Waals surface area contributed by atoms with E-state index < -0.39 is 4.92 Å². The van der Waals surface area contributed by atoms with Crippen molar-refractivity contribution >= 4 is 18.4 Å². The Bertz CT molecular complexity index is 399. The number of hydrogen-bond donors (Lipinski definition) is 1. The Kier molecular flexibility index (Phi) is 3.71. The van der Waals surface area contributed by atoms with Gasteiger partial charge in [0.25, 0.3) is 0 Å². The highest BCUT2D eigenvalue weighted by atomic mass is 32.1. The van der Waals surface area contributed by atoms with Gasteiger partial charge in [0.1, 0.15) is 0 Å². The summed E-state index contributed by atoms with van der Waals surface area (Å²) in [4.78, 5) is 10.1. The number of nitro groups is 1. The molecule has 5 nitrogen and oxygen atoms in total. The Hall–Kier alpha value is -1.04. The van der Waals surface area contributed by atoms with Crippen molar-refractivity contribution in [2.24, 2.45) is 5.41 Å². The minimum Gasteiger partial charge on any atom is -0.358 e. The Morgan fingerprint density at radius 1 is 1.47 bits per heavy atom. The van der Waals surface area contributed by atoms with Gasteiger partial charge in [-0.05, 0) is 23.5 Å². The summed E-state index contributed by atoms with van der Waals surface area (Å²) in [6, 6.07) is 1.45. The molecule has 1 aliphatic rings. The maximum atomic E-state index is 10.6. The van der Waals surface area contributed by atoms with E-state index in [9.17, 15) is 10.1 Å². The largest absolute Gasteiger partial charge is 0.389 e. The Labute approximate surface area is 106 Å². The van der Waals surface area contributed by atoms with Crippen LogP contribution in [0.15, 0.2) is 12.3 Å². The molecule has 1 saturated carbocycles. The molecule has 6 heteroatoms. The topological polar surface area (TPSA) is 61.0 Å². The van der Waals surface area contributed by atoms with E-state index in [0.717, 1.165) is 25.1 Å². The highest BCUT2D eigenvalue weighted by molar-refractivity contribution is 7.80. The van der Waals surface area contributed by atoms with Gasteiger partial charge in [-0.1, -0.05) is 19.3 Å². The van der Waals surface area contributed by atoms with Crippen LogP contribution in [0.4, 0.5) is 5.82 Å². The normalized spacial score (nSPS) is 19.1. The molecule has 0 aliphatic heterocycles. The fourth-order valence-corrected chi connectivity index (χ4v) is 2.96. The van der Waals surface area contributed by atoms with Crippen molar-refractivity contribution in [3.63, 3.8) is 0 Å². The van der Waals surface area contributed by atoms with Crippen molar-refractivity contribution in [1.29, 1.82) is 0 Å². The minimum absolute atomic E-state index is 0.0740. The Morgan fingerprint density at radius 2 is 2.18 bits per heavy atom. The third kappa shape index (κ3) is 2.80. The van der Waals surface area contributed by atoms with Gasteiger partial charge in [0.15, 0.2) is 0 Å². The Morgan fingerprint density at radius 3 is 2.71 bits per heavy atom. The fourth-order valence-electron chi connectivity index (χ4n) is 2.55. The quantitative estimate of drug-likeness (QED) is 0.511. The molecule has 0 unspecified atom stereocenters. The first-order valence-electron chi connectivity index (χ1n) is 5.94. The lowest BCUT2D eigenvalue weighted by Gasteiger charge is -2.34. The second-order valence-electron chi connectivity index (χ2n) is 4.85. The smallest absolute Gasteiger partial charge is 0.358 e. The molecule has 1 aromatic rings. The van der Waals surface area contributed by atoms with Gasteiger partial charge in [-0.2, -0.15) is 17.3 Å². The van der Waals surface area contributed by atoms with Crippen molar-refractivity contribution in [2.75, 3.05) is 5.75 Å². The lowest BCUT2D eigenvalue weighted by Crippen LogP contribution is -2.31. The SMILES string of the molecule is O=[N+]([O-])c1ccn(CC2(CS)CCCCC2)n1. The van der Waals surface area contributed by atoms with E-state index in [1.807, 2.05) is 0 Å². The number of thiol groups is 1. The zero-order valence-electron chi connectivity index (χ0n) is 9.71. The van der Waals surface area contributed by atoms with Crippen LogP contribution in [0, 0.1) is 15.5 Å². The monoisotopic (exact) mass is 255 g/mol. The van der Waals surface area contributed by atoms with Gasteiger partial charge in [0, 0.05) is 5.41 Å². The van der Waals surface area contributed by atoms with E-state index in [0.29, 0.717) is 0 Å². The van der Waals surface area contributed by atoms with Crippen LogP contribution < -0.4 is 0 Å². The summed E-state index contributed by atoms with van der Waals surface area (Å²) in [5, 5.41) is 14.6. The minimum atomic E-state index is -0.454. The van der Waals surface area contributed by atoms with Crippen LogP contribution in [0.5, 0.6) is 0 Å². The summed E-state index contributed by atoms with van der Waals surface area (Å²) in [5.74, 6) is 0.746. The van der Waals surface area contributed by atoms with E-state index in [1.165, 1.54) is 25.3 Å². The summed E-state index contributed by atoms with van der Waals surface area (Å²) in [6.07, 6.45) is 7.72. The lowest BCUT2D eigenvalue weighted by atomic mass is 9.75. The van der Waals surface area contributed by atoms with Crippen LogP contribution in [0.2, 0.25) is 0 Å². The van der Waals surface area contributed by atoms with Crippen LogP contribution in [0.25, 0.3) is 0 Å². The second kappa shape index (κ2) is 5.08. The molecular weight excluding hydrogens is 238 g/mol. The second-order valence-corrected chi connectivity index (χ2v) is 5.16. The molecule has 1 aliphatic carbocycles. The molecule has 0 bridgehead atoms. The van der Waals surface area contributed by atoms with E-state index in [4.69, 9.17) is 0 Å². The van der Waals surface area contributed by atoms with Gasteiger partial charge in [-0.3, -0.25) is 0 Å². The van der Waals surface area contributed by atoms with Gasteiger partial charge in [0.05, 0.1) is 23.9 Å². The van der Waals surface area contributed by atoms with Crippen molar-refractivity contribution in [3.8, 4) is 0 Å². The standard InChI is InChI=1S/C11H17N3O2S/c15-14(16)10-4-7-13(12-10)8-11(9-17)5-2-1-3-6-11/h4,7,17H,1-3,5-6,8-9H2. The van der Waals surface area contributed by atoms with Gasteiger partial charge in [-0.15, -0.1) is 0 Å². The molecule has 0 atom stereocenters. The number of rotatable bonds is 4. The van der Waals surface area contributed by atoms with Crippen LogP contribution in [0.1, 0.15) is 32.1 Å². The molecule has 94 valence electrons. The van der Waals surface area contributed by atoms with Crippen LogP contribution in [-0.2, 0) is 6.54 Å². The fraction of sp³-hybridized carbons (Fsp3) is 0.727. The molecule has 1 heterocycles. The van der Waals surface area contributed by atoms with Crippen LogP contribution in [-0.4, -0.2) is 20.5 Å². The van der Waals surface area contributed by atoms with Gasteiger partial charge in [-0.25, -0.2) is 0 Å². The van der Waals surface area contributed by atoms with Gasteiger partial charge >= 0.3 is 5.82 Å².